The molecule has 172 valence electrons. The van der Waals surface area contributed by atoms with Crippen molar-refractivity contribution < 1.29 is 9.18 Å². The fraction of sp³-hybridized carbons (Fsp3) is 0.250. The van der Waals surface area contributed by atoms with Crippen molar-refractivity contribution >= 4 is 29.6 Å². The lowest BCUT2D eigenvalue weighted by atomic mass is 10.0. The molecule has 2 rings (SSSR count). The van der Waals surface area contributed by atoms with Crippen LogP contribution in [0.25, 0.3) is 0 Å². The summed E-state index contributed by atoms with van der Waals surface area (Å²) in [5, 5.41) is 31.6. The fourth-order valence-corrected chi connectivity index (χ4v) is 3.42. The van der Waals surface area contributed by atoms with Crippen LogP contribution in [-0.4, -0.2) is 36.4 Å². The Morgan fingerprint density at radius 3 is 2.76 bits per heavy atom. The standard InChI is InChI=1S/C24H26ClFN6O/c1-30-15-19-12-20(9-10-22(19)28)32(23(25)6-4-2-3-5-11-31-16-33)24(29)17-7-8-18(14-27)21(26)13-17/h6-10,12-13,15-16,28-30H,2-5,11H2,1H3,(H,31,33)/b19-15-,23-6+,28-22?,29-24?. The van der Waals surface area contributed by atoms with Gasteiger partial charge in [0, 0.05) is 36.6 Å². The predicted molar refractivity (Wildman–Crippen MR) is 128 cm³/mol. The molecule has 1 aromatic rings. The lowest BCUT2D eigenvalue weighted by Gasteiger charge is -2.27. The molecule has 1 aliphatic rings. The molecule has 0 aliphatic heterocycles. The molecule has 7 nitrogen and oxygen atoms in total. The lowest BCUT2D eigenvalue weighted by molar-refractivity contribution is -0.109. The first kappa shape index (κ1) is 25.6. The number of halogens is 2. The highest BCUT2D eigenvalue weighted by Gasteiger charge is 2.22. The Morgan fingerprint density at radius 1 is 1.30 bits per heavy atom. The predicted octanol–water partition coefficient (Wildman–Crippen LogP) is 4.29. The first-order valence-corrected chi connectivity index (χ1v) is 10.8. The highest BCUT2D eigenvalue weighted by atomic mass is 35.5. The van der Waals surface area contributed by atoms with Gasteiger partial charge in [0.2, 0.25) is 6.41 Å². The number of nitrogens with zero attached hydrogens (tertiary/aromatic N) is 2. The average molecular weight is 469 g/mol. The van der Waals surface area contributed by atoms with E-state index >= 15 is 0 Å². The van der Waals surface area contributed by atoms with Crippen LogP contribution in [0.4, 0.5) is 4.39 Å². The number of carbonyl (C=O) groups excluding carboxylic acids is 1. The molecular weight excluding hydrogens is 443 g/mol. The number of unbranched alkanes of at least 4 members (excludes halogenated alkanes) is 3. The van der Waals surface area contributed by atoms with Crippen molar-refractivity contribution in [3.8, 4) is 6.07 Å². The van der Waals surface area contributed by atoms with Crippen molar-refractivity contribution in [2.75, 3.05) is 13.6 Å². The van der Waals surface area contributed by atoms with Gasteiger partial charge in [0.1, 0.15) is 22.9 Å². The highest BCUT2D eigenvalue weighted by Crippen LogP contribution is 2.26. The third-order valence-electron chi connectivity index (χ3n) is 4.81. The van der Waals surface area contributed by atoms with Crippen molar-refractivity contribution in [2.24, 2.45) is 0 Å². The number of amides is 1. The number of amidine groups is 1. The van der Waals surface area contributed by atoms with Crippen molar-refractivity contribution in [3.05, 3.63) is 82.1 Å². The van der Waals surface area contributed by atoms with Crippen LogP contribution in [0.2, 0.25) is 0 Å². The molecule has 33 heavy (non-hydrogen) atoms. The fourth-order valence-electron chi connectivity index (χ4n) is 3.13. The highest BCUT2D eigenvalue weighted by molar-refractivity contribution is 6.31. The van der Waals surface area contributed by atoms with Crippen molar-refractivity contribution in [3.63, 3.8) is 0 Å². The third kappa shape index (κ3) is 7.16. The molecule has 0 heterocycles. The zero-order valence-electron chi connectivity index (χ0n) is 18.3. The normalized spacial score (nSPS) is 14.5. The molecular formula is C24H26ClFN6O. The number of carbonyl (C=O) groups is 1. The number of hydrogen-bond donors (Lipinski definition) is 4. The largest absolute Gasteiger partial charge is 0.393 e. The van der Waals surface area contributed by atoms with Gasteiger partial charge >= 0.3 is 0 Å². The molecule has 0 fully saturated rings. The van der Waals surface area contributed by atoms with Crippen molar-refractivity contribution in [1.29, 1.82) is 16.1 Å². The second-order valence-corrected chi connectivity index (χ2v) is 7.53. The number of rotatable bonds is 11. The van der Waals surface area contributed by atoms with Gasteiger partial charge in [-0.15, -0.1) is 0 Å². The molecule has 0 saturated heterocycles. The zero-order chi connectivity index (χ0) is 24.2. The van der Waals surface area contributed by atoms with Gasteiger partial charge < -0.3 is 16.0 Å². The molecule has 0 aromatic heterocycles. The molecule has 1 amide bonds. The maximum Gasteiger partial charge on any atom is 0.207 e. The summed E-state index contributed by atoms with van der Waals surface area (Å²) in [6.07, 6.45) is 12.4. The van der Waals surface area contributed by atoms with Crippen LogP contribution in [0.3, 0.4) is 0 Å². The Morgan fingerprint density at radius 2 is 2.09 bits per heavy atom. The summed E-state index contributed by atoms with van der Waals surface area (Å²) in [6.45, 7) is 0.617. The van der Waals surface area contributed by atoms with E-state index in [0.717, 1.165) is 25.3 Å². The van der Waals surface area contributed by atoms with E-state index in [1.54, 1.807) is 43.6 Å². The summed E-state index contributed by atoms with van der Waals surface area (Å²) < 4.78 is 14.2. The first-order chi connectivity index (χ1) is 15.9. The van der Waals surface area contributed by atoms with Crippen molar-refractivity contribution in [2.45, 2.75) is 25.7 Å². The number of benzene rings is 1. The van der Waals surface area contributed by atoms with Gasteiger partial charge in [-0.25, -0.2) is 4.39 Å². The number of nitriles is 1. The Balaban J connectivity index is 2.33. The average Bonchev–Trinajstić information content (AvgIpc) is 2.80. The molecule has 0 radical (unpaired) electrons. The molecule has 9 heteroatoms. The summed E-state index contributed by atoms with van der Waals surface area (Å²) in [5.74, 6) is -0.780. The summed E-state index contributed by atoms with van der Waals surface area (Å²) in [6, 6.07) is 5.74. The van der Waals surface area contributed by atoms with Crippen LogP contribution in [0.15, 0.2) is 65.1 Å². The van der Waals surface area contributed by atoms with E-state index < -0.39 is 5.82 Å². The molecule has 1 aliphatic carbocycles. The Kier molecular flexibility index (Phi) is 10.1. The maximum absolute atomic E-state index is 14.2. The van der Waals surface area contributed by atoms with Gasteiger partial charge in [0.15, 0.2) is 0 Å². The summed E-state index contributed by atoms with van der Waals surface area (Å²) >= 11 is 6.62. The quantitative estimate of drug-likeness (QED) is 0.127. The lowest BCUT2D eigenvalue weighted by Crippen LogP contribution is -2.29. The van der Waals surface area contributed by atoms with E-state index in [1.165, 1.54) is 17.0 Å². The van der Waals surface area contributed by atoms with Crippen LogP contribution in [0, 0.1) is 28.0 Å². The van der Waals surface area contributed by atoms with E-state index in [2.05, 4.69) is 10.6 Å². The van der Waals surface area contributed by atoms with Crippen LogP contribution >= 0.6 is 11.6 Å². The molecule has 4 N–H and O–H groups in total. The smallest absolute Gasteiger partial charge is 0.207 e. The van der Waals surface area contributed by atoms with Gasteiger partial charge in [0.05, 0.1) is 11.3 Å². The number of hydrogen-bond acceptors (Lipinski definition) is 5. The van der Waals surface area contributed by atoms with E-state index in [1.807, 2.05) is 0 Å². The topological polar surface area (TPSA) is 116 Å². The monoisotopic (exact) mass is 468 g/mol. The SMILES string of the molecule is CN/C=C1/C=C(N(C(=N)c2ccc(C#N)c(F)c2)/C(Cl)=C/CCCCCNC=O)C=CC1=N. The number of nitrogens with one attached hydrogen (secondary N) is 4. The zero-order valence-corrected chi connectivity index (χ0v) is 19.0. The Hall–Kier alpha value is -3.70. The van der Waals surface area contributed by atoms with Crippen LogP contribution in [-0.2, 0) is 4.79 Å². The molecule has 0 spiro atoms. The van der Waals surface area contributed by atoms with Crippen LogP contribution in [0.1, 0.15) is 36.8 Å². The summed E-state index contributed by atoms with van der Waals surface area (Å²) in [7, 11) is 1.73. The molecule has 0 unspecified atom stereocenters. The van der Waals surface area contributed by atoms with Crippen LogP contribution in [0.5, 0.6) is 0 Å². The van der Waals surface area contributed by atoms with E-state index in [4.69, 9.17) is 27.7 Å². The molecule has 1 aromatic carbocycles. The second-order valence-electron chi connectivity index (χ2n) is 7.14. The Bertz CT molecular complexity index is 1070. The van der Waals surface area contributed by atoms with Crippen molar-refractivity contribution in [1.82, 2.24) is 15.5 Å². The van der Waals surface area contributed by atoms with Crippen LogP contribution < -0.4 is 10.6 Å². The van der Waals surface area contributed by atoms with E-state index in [0.29, 0.717) is 36.4 Å². The van der Waals surface area contributed by atoms with Gasteiger partial charge in [0.25, 0.3) is 0 Å². The first-order valence-electron chi connectivity index (χ1n) is 10.4. The molecule has 0 saturated carbocycles. The minimum Gasteiger partial charge on any atom is -0.393 e. The number of allylic oxidation sites excluding steroid dienone is 5. The van der Waals surface area contributed by atoms with Gasteiger partial charge in [-0.3, -0.25) is 15.1 Å². The summed E-state index contributed by atoms with van der Waals surface area (Å²) in [4.78, 5) is 11.8. The molecule has 0 atom stereocenters. The minimum absolute atomic E-state index is 0.0667. The second kappa shape index (κ2) is 13.0. The summed E-state index contributed by atoms with van der Waals surface area (Å²) in [5.41, 5.74) is 1.60. The van der Waals surface area contributed by atoms with Gasteiger partial charge in [-0.1, -0.05) is 18.0 Å². The van der Waals surface area contributed by atoms with E-state index in [9.17, 15) is 9.18 Å². The Labute approximate surface area is 197 Å². The molecule has 0 bridgehead atoms. The third-order valence-corrected chi connectivity index (χ3v) is 5.14. The maximum atomic E-state index is 14.2. The minimum atomic E-state index is -0.713. The van der Waals surface area contributed by atoms with Gasteiger partial charge in [-0.2, -0.15) is 5.26 Å². The van der Waals surface area contributed by atoms with E-state index in [-0.39, 0.29) is 22.1 Å². The van der Waals surface area contributed by atoms with Gasteiger partial charge in [-0.05, 0) is 61.8 Å².